The molecule has 91 heavy (non-hydrogen) atoms. The lowest BCUT2D eigenvalue weighted by Crippen LogP contribution is -2.52. The van der Waals surface area contributed by atoms with E-state index in [1.54, 1.807) is 59.3 Å². The number of nitrogens with one attached hydrogen (secondary N) is 1. The Hall–Kier alpha value is -7.04. The zero-order valence-electron chi connectivity index (χ0n) is 53.9. The molecular formula is C68H88Cl2N8O11S2. The van der Waals surface area contributed by atoms with Crippen LogP contribution in [-0.2, 0) is 31.9 Å². The van der Waals surface area contributed by atoms with Crippen LogP contribution in [0, 0.1) is 0 Å². The molecular weight excluding hydrogens is 1240 g/mol. The van der Waals surface area contributed by atoms with Gasteiger partial charge in [0.15, 0.2) is 33.3 Å². The molecule has 6 aromatic rings. The van der Waals surface area contributed by atoms with Gasteiger partial charge in [-0.25, -0.2) is 29.5 Å². The first-order valence-corrected chi connectivity index (χ1v) is 33.3. The maximum absolute atomic E-state index is 13.3. The molecule has 0 aliphatic heterocycles. The highest BCUT2D eigenvalue weighted by atomic mass is 35.5. The SMILES string of the molecule is CC(C)(C)OC(=O)N(CCCc1ccc(Cl)cc1)[C@@H]1CCC[C@H]1N.COc1ccc(-c2cnc(SCC(=O)N[C@@H]3CCC[C@H]3N(CCCCCc3ccc(Cl)cc3)C(=O)OC(C)(C)C)nc2)cc1OC.COc1ccc(-c2cnc(SCC(=O)O)nc2)cc1OC. The van der Waals surface area contributed by atoms with Crippen LogP contribution in [0.5, 0.6) is 23.0 Å². The minimum absolute atomic E-state index is 0.0491. The second-order valence-corrected chi connectivity index (χ2v) is 26.7. The number of carboxylic acid groups (broad SMARTS) is 1. The number of thioether (sulfide) groups is 2. The zero-order valence-corrected chi connectivity index (χ0v) is 57.0. The van der Waals surface area contributed by atoms with Crippen LogP contribution in [0.15, 0.2) is 120 Å². The average molecular weight is 1330 g/mol. The summed E-state index contributed by atoms with van der Waals surface area (Å²) in [5.74, 6) is 1.66. The summed E-state index contributed by atoms with van der Waals surface area (Å²) in [4.78, 5) is 70.4. The number of unbranched alkanes of at least 4 members (excludes halogenated alkanes) is 2. The van der Waals surface area contributed by atoms with E-state index in [2.05, 4.69) is 37.4 Å². The topological polar surface area (TPSA) is 240 Å². The summed E-state index contributed by atoms with van der Waals surface area (Å²) in [5, 5.41) is 14.2. The van der Waals surface area contributed by atoms with E-state index in [9.17, 15) is 19.2 Å². The van der Waals surface area contributed by atoms with E-state index in [1.165, 1.54) is 22.9 Å². The number of carbonyl (C=O) groups excluding carboxylic acids is 3. The van der Waals surface area contributed by atoms with Crippen molar-refractivity contribution in [3.05, 3.63) is 131 Å². The number of halogens is 2. The summed E-state index contributed by atoms with van der Waals surface area (Å²) in [5.41, 5.74) is 11.0. The number of aliphatic carboxylic acids is 1. The number of rotatable bonds is 25. The van der Waals surface area contributed by atoms with Crippen molar-refractivity contribution in [2.45, 2.75) is 164 Å². The van der Waals surface area contributed by atoms with Crippen molar-refractivity contribution in [3.8, 4) is 45.3 Å². The van der Waals surface area contributed by atoms with E-state index < -0.39 is 17.2 Å². The molecule has 3 amide bonds. The van der Waals surface area contributed by atoms with Crippen molar-refractivity contribution in [2.75, 3.05) is 53.0 Å². The molecule has 2 aliphatic carbocycles. The molecule has 2 saturated carbocycles. The Balaban J connectivity index is 0.000000244. The van der Waals surface area contributed by atoms with Crippen LogP contribution >= 0.6 is 46.7 Å². The molecule has 8 rings (SSSR count). The van der Waals surface area contributed by atoms with Crippen molar-refractivity contribution < 1.29 is 52.7 Å². The maximum atomic E-state index is 13.3. The smallest absolute Gasteiger partial charge is 0.410 e. The molecule has 19 nitrogen and oxygen atoms in total. The molecule has 2 aromatic heterocycles. The van der Waals surface area contributed by atoms with Gasteiger partial charge in [-0.05, 0) is 183 Å². The third kappa shape index (κ3) is 24.5. The Morgan fingerprint density at radius 1 is 0.549 bits per heavy atom. The Bertz CT molecular complexity index is 3250. The van der Waals surface area contributed by atoms with Gasteiger partial charge in [-0.3, -0.25) is 9.59 Å². The third-order valence-corrected chi connectivity index (χ3v) is 17.1. The van der Waals surface area contributed by atoms with Gasteiger partial charge in [0.1, 0.15) is 11.2 Å². The molecule has 4 N–H and O–H groups in total. The van der Waals surface area contributed by atoms with Crippen LogP contribution in [0.25, 0.3) is 22.3 Å². The average Bonchev–Trinajstić information content (AvgIpc) is 3.07. The second-order valence-electron chi connectivity index (χ2n) is 24.0. The van der Waals surface area contributed by atoms with Gasteiger partial charge in [0.25, 0.3) is 0 Å². The van der Waals surface area contributed by atoms with Gasteiger partial charge in [-0.2, -0.15) is 0 Å². The molecule has 0 radical (unpaired) electrons. The van der Waals surface area contributed by atoms with E-state index in [0.29, 0.717) is 46.4 Å². The van der Waals surface area contributed by atoms with Crippen LogP contribution < -0.4 is 30.0 Å². The highest BCUT2D eigenvalue weighted by Gasteiger charge is 2.38. The summed E-state index contributed by atoms with van der Waals surface area (Å²) in [6, 6.07) is 26.8. The number of amides is 3. The van der Waals surface area contributed by atoms with Crippen LogP contribution in [0.2, 0.25) is 10.0 Å². The lowest BCUT2D eigenvalue weighted by Gasteiger charge is -2.35. The number of ether oxygens (including phenoxy) is 6. The number of aryl methyl sites for hydroxylation is 2. The predicted molar refractivity (Wildman–Crippen MR) is 360 cm³/mol. The minimum atomic E-state index is -0.896. The normalized spacial score (nSPS) is 16.0. The minimum Gasteiger partial charge on any atom is -0.493 e. The van der Waals surface area contributed by atoms with E-state index in [0.717, 1.165) is 121 Å². The van der Waals surface area contributed by atoms with Gasteiger partial charge < -0.3 is 54.4 Å². The number of nitrogens with two attached hydrogens (primary N) is 1. The van der Waals surface area contributed by atoms with Gasteiger partial charge in [-0.1, -0.05) is 89.5 Å². The predicted octanol–water partition coefficient (Wildman–Crippen LogP) is 14.3. The third-order valence-electron chi connectivity index (χ3n) is 14.8. The van der Waals surface area contributed by atoms with Gasteiger partial charge in [0.2, 0.25) is 5.91 Å². The molecule has 4 atom stereocenters. The van der Waals surface area contributed by atoms with E-state index in [1.807, 2.05) is 118 Å². The first kappa shape index (κ1) is 73.0. The highest BCUT2D eigenvalue weighted by molar-refractivity contribution is 8.00. The lowest BCUT2D eigenvalue weighted by atomic mass is 10.1. The number of aromatic nitrogens is 4. The summed E-state index contributed by atoms with van der Waals surface area (Å²) < 4.78 is 32.5. The largest absolute Gasteiger partial charge is 0.493 e. The summed E-state index contributed by atoms with van der Waals surface area (Å²) in [6.07, 6.45) is 17.4. The first-order valence-electron chi connectivity index (χ1n) is 30.6. The number of hydrogen-bond donors (Lipinski definition) is 3. The molecule has 0 unspecified atom stereocenters. The van der Waals surface area contributed by atoms with Crippen molar-refractivity contribution in [1.29, 1.82) is 0 Å². The van der Waals surface area contributed by atoms with Crippen molar-refractivity contribution in [1.82, 2.24) is 35.1 Å². The van der Waals surface area contributed by atoms with E-state index >= 15 is 0 Å². The number of benzene rings is 4. The van der Waals surface area contributed by atoms with Gasteiger partial charge in [0, 0.05) is 71.1 Å². The Morgan fingerprint density at radius 3 is 1.42 bits per heavy atom. The molecule has 0 saturated heterocycles. The Kier molecular flexibility index (Phi) is 29.1. The van der Waals surface area contributed by atoms with E-state index in [-0.39, 0.29) is 53.8 Å². The fourth-order valence-corrected chi connectivity index (χ4v) is 11.8. The number of methoxy groups -OCH3 is 4. The van der Waals surface area contributed by atoms with Crippen LogP contribution in [0.3, 0.4) is 0 Å². The van der Waals surface area contributed by atoms with Crippen LogP contribution in [0.1, 0.15) is 117 Å². The summed E-state index contributed by atoms with van der Waals surface area (Å²) >= 11 is 14.3. The summed E-state index contributed by atoms with van der Waals surface area (Å²) in [7, 11) is 6.34. The lowest BCUT2D eigenvalue weighted by molar-refractivity contribution is -0.134. The van der Waals surface area contributed by atoms with E-state index in [4.69, 9.17) is 62.5 Å². The number of nitrogens with zero attached hydrogens (tertiary/aromatic N) is 6. The molecule has 492 valence electrons. The number of carboxylic acids is 1. The highest BCUT2D eigenvalue weighted by Crippen LogP contribution is 2.35. The summed E-state index contributed by atoms with van der Waals surface area (Å²) in [6.45, 7) is 12.6. The molecule has 0 bridgehead atoms. The van der Waals surface area contributed by atoms with Crippen LogP contribution in [-0.4, -0.2) is 147 Å². The molecule has 4 aromatic carbocycles. The fourth-order valence-electron chi connectivity index (χ4n) is 10.4. The molecule has 23 heteroatoms. The maximum Gasteiger partial charge on any atom is 0.410 e. The van der Waals surface area contributed by atoms with Crippen molar-refractivity contribution in [3.63, 3.8) is 0 Å². The quantitative estimate of drug-likeness (QED) is 0.0274. The molecule has 2 aliphatic rings. The fraction of sp³-hybridized carbons (Fsp3) is 0.471. The Labute approximate surface area is 554 Å². The molecule has 2 fully saturated rings. The molecule has 2 heterocycles. The monoisotopic (exact) mass is 1330 g/mol. The van der Waals surface area contributed by atoms with Gasteiger partial charge in [0.05, 0.1) is 52.0 Å². The van der Waals surface area contributed by atoms with Crippen molar-refractivity contribution in [2.24, 2.45) is 5.73 Å². The van der Waals surface area contributed by atoms with Crippen LogP contribution in [0.4, 0.5) is 9.59 Å². The number of carbonyl (C=O) groups is 4. The number of hydrogen-bond acceptors (Lipinski definition) is 17. The zero-order chi connectivity index (χ0) is 66.1. The van der Waals surface area contributed by atoms with Gasteiger partial charge in [-0.15, -0.1) is 0 Å². The standard InChI is InChI=1S/C35H45ClN4O5S.C19H29ClN2O2.C14H14N2O4S/c1-35(2,3)45-34(42)40(19-8-6-7-10-24-13-16-27(36)17-14-24)29-12-9-11-28(29)39-32(41)23-46-33-37-21-26(22-38-33)25-15-18-30(43-4)31(20-25)44-5;1-19(2,3)24-18(23)22(17-8-4-7-16(17)21)13-5-6-14-9-11-15(20)12-10-14;1-19-11-4-3-9(5-12(11)20-2)10-6-15-14(16-7-10)21-8-13(17)18/h13-18,20-22,28-29H,6-12,19,23H2,1-5H3,(H,39,41);9-12,16-17H,4-8,13,21H2,1-3H3;3-7H,8H2,1-2H3,(H,17,18)/t28-,29-;16-,17-;/m11./s1. The molecule has 0 spiro atoms. The van der Waals surface area contributed by atoms with Crippen molar-refractivity contribution >= 4 is 70.8 Å². The first-order chi connectivity index (χ1) is 43.5. The second kappa shape index (κ2) is 36.3. The Morgan fingerprint density at radius 2 is 0.978 bits per heavy atom. The van der Waals surface area contributed by atoms with Gasteiger partial charge >= 0.3 is 18.2 Å².